The number of esters is 1. The van der Waals surface area contributed by atoms with E-state index in [1.807, 2.05) is 0 Å². The molecule has 0 saturated heterocycles. The standard InChI is InChI=1S/C14H21N3O4/c1-8-9(12(18)19)16-17-7-5-6-15-10(11(8)17)13(20)21-14(2,3)4/h10,15H,5-7H2,1-4H3,(H,18,19). The summed E-state index contributed by atoms with van der Waals surface area (Å²) in [5, 5.41) is 16.4. The van der Waals surface area contributed by atoms with Crippen LogP contribution in [0.5, 0.6) is 0 Å². The van der Waals surface area contributed by atoms with Crippen LogP contribution in [0, 0.1) is 6.92 Å². The molecule has 0 saturated carbocycles. The second kappa shape index (κ2) is 5.48. The Morgan fingerprint density at radius 3 is 2.67 bits per heavy atom. The summed E-state index contributed by atoms with van der Waals surface area (Å²) < 4.78 is 7.03. The molecule has 7 nitrogen and oxygen atoms in total. The molecule has 1 aliphatic heterocycles. The lowest BCUT2D eigenvalue weighted by Gasteiger charge is -2.24. The molecule has 21 heavy (non-hydrogen) atoms. The molecule has 1 aromatic heterocycles. The van der Waals surface area contributed by atoms with E-state index in [2.05, 4.69) is 10.4 Å². The Balaban J connectivity index is 2.42. The first-order valence-electron chi connectivity index (χ1n) is 6.97. The van der Waals surface area contributed by atoms with Crippen LogP contribution in [0.1, 0.15) is 55.0 Å². The maximum Gasteiger partial charge on any atom is 0.356 e. The summed E-state index contributed by atoms with van der Waals surface area (Å²) >= 11 is 0. The van der Waals surface area contributed by atoms with Crippen molar-refractivity contribution in [3.8, 4) is 0 Å². The Morgan fingerprint density at radius 2 is 2.10 bits per heavy atom. The summed E-state index contributed by atoms with van der Waals surface area (Å²) in [5.74, 6) is -1.50. The van der Waals surface area contributed by atoms with Crippen molar-refractivity contribution in [2.24, 2.45) is 0 Å². The molecule has 1 aliphatic rings. The normalized spacial score (nSPS) is 18.8. The van der Waals surface area contributed by atoms with Crippen molar-refractivity contribution < 1.29 is 19.4 Å². The first-order valence-corrected chi connectivity index (χ1v) is 6.97. The van der Waals surface area contributed by atoms with Crippen LogP contribution < -0.4 is 5.32 Å². The van der Waals surface area contributed by atoms with Crippen LogP contribution in [-0.4, -0.2) is 39.0 Å². The van der Waals surface area contributed by atoms with E-state index in [1.54, 1.807) is 32.4 Å². The Morgan fingerprint density at radius 1 is 1.43 bits per heavy atom. The number of carboxylic acid groups (broad SMARTS) is 1. The molecular formula is C14H21N3O4. The first-order chi connectivity index (χ1) is 9.70. The van der Waals surface area contributed by atoms with Crippen molar-refractivity contribution in [1.29, 1.82) is 0 Å². The minimum absolute atomic E-state index is 0.0118. The van der Waals surface area contributed by atoms with Gasteiger partial charge in [-0.05, 0) is 40.7 Å². The predicted molar refractivity (Wildman–Crippen MR) is 75.1 cm³/mol. The third kappa shape index (κ3) is 3.24. The summed E-state index contributed by atoms with van der Waals surface area (Å²) in [4.78, 5) is 23.6. The summed E-state index contributed by atoms with van der Waals surface area (Å²) in [5.41, 5.74) is 0.480. The molecule has 0 fully saturated rings. The molecule has 1 atom stereocenters. The third-order valence-electron chi connectivity index (χ3n) is 3.25. The van der Waals surface area contributed by atoms with Crippen LogP contribution in [0.2, 0.25) is 0 Å². The molecule has 2 rings (SSSR count). The molecule has 0 amide bonds. The van der Waals surface area contributed by atoms with Crippen LogP contribution >= 0.6 is 0 Å². The van der Waals surface area contributed by atoms with E-state index in [9.17, 15) is 14.7 Å². The Labute approximate surface area is 123 Å². The molecule has 0 aromatic carbocycles. The maximum absolute atomic E-state index is 12.4. The minimum Gasteiger partial charge on any atom is -0.476 e. The van der Waals surface area contributed by atoms with Crippen molar-refractivity contribution in [2.75, 3.05) is 6.54 Å². The molecule has 0 radical (unpaired) electrons. The zero-order valence-electron chi connectivity index (χ0n) is 12.8. The van der Waals surface area contributed by atoms with Gasteiger partial charge in [0.25, 0.3) is 0 Å². The molecule has 2 N–H and O–H groups in total. The van der Waals surface area contributed by atoms with Crippen molar-refractivity contribution in [3.63, 3.8) is 0 Å². The summed E-state index contributed by atoms with van der Waals surface area (Å²) in [6, 6.07) is -0.688. The zero-order chi connectivity index (χ0) is 15.8. The fraction of sp³-hybridized carbons (Fsp3) is 0.643. The summed E-state index contributed by atoms with van der Waals surface area (Å²) in [6.07, 6.45) is 0.770. The van der Waals surface area contributed by atoms with Crippen LogP contribution in [-0.2, 0) is 16.1 Å². The lowest BCUT2D eigenvalue weighted by molar-refractivity contribution is -0.157. The Hall–Kier alpha value is -1.89. The number of hydrogen-bond acceptors (Lipinski definition) is 5. The molecule has 1 unspecified atom stereocenters. The molecule has 1 aromatic rings. The van der Waals surface area contributed by atoms with Gasteiger partial charge in [-0.1, -0.05) is 0 Å². The highest BCUT2D eigenvalue weighted by molar-refractivity contribution is 5.88. The van der Waals surface area contributed by atoms with Gasteiger partial charge in [-0.3, -0.25) is 10.00 Å². The number of carboxylic acids is 1. The number of hydrogen-bond donors (Lipinski definition) is 2. The van der Waals surface area contributed by atoms with Crippen molar-refractivity contribution in [3.05, 3.63) is 17.0 Å². The van der Waals surface area contributed by atoms with Gasteiger partial charge in [0.1, 0.15) is 11.6 Å². The highest BCUT2D eigenvalue weighted by Gasteiger charge is 2.34. The molecule has 0 bridgehead atoms. The number of fused-ring (bicyclic) bond motifs is 1. The van der Waals surface area contributed by atoms with Gasteiger partial charge >= 0.3 is 11.9 Å². The van der Waals surface area contributed by atoms with Gasteiger partial charge in [-0.15, -0.1) is 0 Å². The smallest absolute Gasteiger partial charge is 0.356 e. The monoisotopic (exact) mass is 295 g/mol. The second-order valence-corrected chi connectivity index (χ2v) is 6.16. The number of aromatic carboxylic acids is 1. The van der Waals surface area contributed by atoms with Gasteiger partial charge in [-0.25, -0.2) is 9.59 Å². The average Bonchev–Trinajstić information content (AvgIpc) is 2.55. The van der Waals surface area contributed by atoms with Crippen LogP contribution in [0.3, 0.4) is 0 Å². The topological polar surface area (TPSA) is 93.5 Å². The average molecular weight is 295 g/mol. The number of rotatable bonds is 2. The summed E-state index contributed by atoms with van der Waals surface area (Å²) in [6.45, 7) is 8.30. The summed E-state index contributed by atoms with van der Waals surface area (Å²) in [7, 11) is 0. The first kappa shape index (κ1) is 15.5. The SMILES string of the molecule is Cc1c(C(=O)O)nn2c1C(C(=O)OC(C)(C)C)NCCC2. The van der Waals surface area contributed by atoms with Crippen LogP contribution in [0.4, 0.5) is 0 Å². The highest BCUT2D eigenvalue weighted by atomic mass is 16.6. The van der Waals surface area contributed by atoms with E-state index in [4.69, 9.17) is 4.74 Å². The van der Waals surface area contributed by atoms with Crippen molar-refractivity contribution in [1.82, 2.24) is 15.1 Å². The fourth-order valence-corrected chi connectivity index (χ4v) is 2.43. The Kier molecular flexibility index (Phi) is 4.04. The lowest BCUT2D eigenvalue weighted by Crippen LogP contribution is -2.35. The van der Waals surface area contributed by atoms with Gasteiger partial charge in [0, 0.05) is 12.1 Å². The number of nitrogens with one attached hydrogen (secondary N) is 1. The molecule has 0 aliphatic carbocycles. The van der Waals surface area contributed by atoms with Crippen molar-refractivity contribution >= 4 is 11.9 Å². The van der Waals surface area contributed by atoms with E-state index in [0.717, 1.165) is 6.42 Å². The van der Waals surface area contributed by atoms with E-state index in [-0.39, 0.29) is 5.69 Å². The third-order valence-corrected chi connectivity index (χ3v) is 3.25. The molecule has 0 spiro atoms. The van der Waals surface area contributed by atoms with E-state index >= 15 is 0 Å². The van der Waals surface area contributed by atoms with Gasteiger partial charge < -0.3 is 9.84 Å². The number of carbonyl (C=O) groups is 2. The molecule has 2 heterocycles. The predicted octanol–water partition coefficient (Wildman–Crippen LogP) is 1.27. The second-order valence-electron chi connectivity index (χ2n) is 6.16. The lowest BCUT2D eigenvalue weighted by atomic mass is 10.1. The largest absolute Gasteiger partial charge is 0.476 e. The molecular weight excluding hydrogens is 274 g/mol. The van der Waals surface area contributed by atoms with Crippen LogP contribution in [0.15, 0.2) is 0 Å². The molecule has 7 heteroatoms. The van der Waals surface area contributed by atoms with E-state index in [1.165, 1.54) is 0 Å². The number of aromatic nitrogens is 2. The van der Waals surface area contributed by atoms with Gasteiger partial charge in [-0.2, -0.15) is 5.10 Å². The number of carbonyl (C=O) groups excluding carboxylic acids is 1. The number of nitrogens with zero attached hydrogens (tertiary/aromatic N) is 2. The Bertz CT molecular complexity index is 572. The zero-order valence-corrected chi connectivity index (χ0v) is 12.8. The van der Waals surface area contributed by atoms with Gasteiger partial charge in [0.05, 0.1) is 5.69 Å². The maximum atomic E-state index is 12.4. The van der Waals surface area contributed by atoms with E-state index < -0.39 is 23.6 Å². The highest BCUT2D eigenvalue weighted by Crippen LogP contribution is 2.26. The van der Waals surface area contributed by atoms with Crippen LogP contribution in [0.25, 0.3) is 0 Å². The molecule has 116 valence electrons. The van der Waals surface area contributed by atoms with Gasteiger partial charge in [0.2, 0.25) is 0 Å². The van der Waals surface area contributed by atoms with Crippen molar-refractivity contribution in [2.45, 2.75) is 52.3 Å². The fourth-order valence-electron chi connectivity index (χ4n) is 2.43. The van der Waals surface area contributed by atoms with E-state index in [0.29, 0.717) is 24.3 Å². The van der Waals surface area contributed by atoms with Gasteiger partial charge in [0.15, 0.2) is 5.69 Å². The number of aryl methyl sites for hydroxylation is 1. The number of ether oxygens (including phenoxy) is 1. The minimum atomic E-state index is -1.09. The quantitative estimate of drug-likeness (QED) is 0.798.